The van der Waals surface area contributed by atoms with E-state index in [2.05, 4.69) is 38.1 Å². The monoisotopic (exact) mass is 432 g/mol. The van der Waals surface area contributed by atoms with Crippen molar-refractivity contribution in [3.05, 3.63) is 77.7 Å². The van der Waals surface area contributed by atoms with Crippen molar-refractivity contribution >= 4 is 22.5 Å². The van der Waals surface area contributed by atoms with E-state index in [1.807, 2.05) is 50.2 Å². The minimum atomic E-state index is -0.352. The van der Waals surface area contributed by atoms with Gasteiger partial charge in [-0.15, -0.1) is 0 Å². The standard InChI is InChI=1S/C24H28N6O2/c1-16(2)22(31)13-25-11-17-6-5-7-18(10-17)14-30-15-19(12-26-30)27-24(32)23-20-8-3-4-9-21(20)28-29-23/h3-10,12,15-16,22,25,31H,11,13-14H2,1-2H3,(H,27,32)(H,28,29). The molecule has 0 bridgehead atoms. The van der Waals surface area contributed by atoms with Gasteiger partial charge in [0, 0.05) is 24.7 Å². The highest BCUT2D eigenvalue weighted by Crippen LogP contribution is 2.17. The van der Waals surface area contributed by atoms with Crippen LogP contribution in [-0.2, 0) is 13.1 Å². The van der Waals surface area contributed by atoms with E-state index in [-0.39, 0.29) is 17.9 Å². The van der Waals surface area contributed by atoms with Gasteiger partial charge in [-0.2, -0.15) is 10.2 Å². The van der Waals surface area contributed by atoms with Crippen LogP contribution in [0, 0.1) is 5.92 Å². The van der Waals surface area contributed by atoms with Gasteiger partial charge in [-0.05, 0) is 23.1 Å². The molecule has 166 valence electrons. The molecule has 0 saturated heterocycles. The molecule has 0 spiro atoms. The second-order valence-corrected chi connectivity index (χ2v) is 8.26. The van der Waals surface area contributed by atoms with Gasteiger partial charge in [-0.25, -0.2) is 0 Å². The van der Waals surface area contributed by atoms with E-state index in [1.165, 1.54) is 0 Å². The van der Waals surface area contributed by atoms with E-state index in [9.17, 15) is 9.90 Å². The van der Waals surface area contributed by atoms with Gasteiger partial charge in [0.05, 0.1) is 30.0 Å². The number of aromatic amines is 1. The molecule has 32 heavy (non-hydrogen) atoms. The molecule has 4 aromatic rings. The average molecular weight is 433 g/mol. The molecule has 1 atom stereocenters. The summed E-state index contributed by atoms with van der Waals surface area (Å²) < 4.78 is 1.79. The Morgan fingerprint density at radius 3 is 2.81 bits per heavy atom. The van der Waals surface area contributed by atoms with Crippen LogP contribution in [0.5, 0.6) is 0 Å². The summed E-state index contributed by atoms with van der Waals surface area (Å²) in [6, 6.07) is 15.7. The number of fused-ring (bicyclic) bond motifs is 1. The number of para-hydroxylation sites is 1. The van der Waals surface area contributed by atoms with Crippen molar-refractivity contribution in [2.75, 3.05) is 11.9 Å². The van der Waals surface area contributed by atoms with E-state index in [1.54, 1.807) is 17.1 Å². The maximum absolute atomic E-state index is 12.6. The summed E-state index contributed by atoms with van der Waals surface area (Å²) in [5.74, 6) is -0.0475. The Hall–Kier alpha value is -3.49. The molecule has 0 aliphatic rings. The summed E-state index contributed by atoms with van der Waals surface area (Å²) in [4.78, 5) is 12.6. The SMILES string of the molecule is CC(C)C(O)CNCc1cccc(Cn2cc(NC(=O)c3n[nH]c4ccccc34)cn2)c1. The summed E-state index contributed by atoms with van der Waals surface area (Å²) in [6.45, 7) is 5.85. The molecule has 8 heteroatoms. The molecule has 0 aliphatic heterocycles. The first kappa shape index (κ1) is 21.7. The molecule has 0 radical (unpaired) electrons. The third kappa shape index (κ3) is 5.22. The number of aromatic nitrogens is 4. The first-order valence-electron chi connectivity index (χ1n) is 10.7. The van der Waals surface area contributed by atoms with Gasteiger partial charge in [0.1, 0.15) is 0 Å². The molecule has 4 rings (SSSR count). The summed E-state index contributed by atoms with van der Waals surface area (Å²) >= 11 is 0. The normalized spacial score (nSPS) is 12.4. The molecular formula is C24H28N6O2. The number of anilines is 1. The van der Waals surface area contributed by atoms with E-state index in [0.29, 0.717) is 31.0 Å². The molecule has 0 saturated carbocycles. The predicted molar refractivity (Wildman–Crippen MR) is 124 cm³/mol. The van der Waals surface area contributed by atoms with Crippen molar-refractivity contribution in [2.45, 2.75) is 33.0 Å². The van der Waals surface area contributed by atoms with Crippen LogP contribution < -0.4 is 10.6 Å². The van der Waals surface area contributed by atoms with Gasteiger partial charge >= 0.3 is 0 Å². The van der Waals surface area contributed by atoms with Gasteiger partial charge in [0.2, 0.25) is 0 Å². The number of nitrogens with zero attached hydrogens (tertiary/aromatic N) is 3. The van der Waals surface area contributed by atoms with Crippen LogP contribution in [0.3, 0.4) is 0 Å². The number of benzene rings is 2. The fourth-order valence-electron chi connectivity index (χ4n) is 3.47. The third-order valence-electron chi connectivity index (χ3n) is 5.36. The van der Waals surface area contributed by atoms with Crippen LogP contribution in [0.15, 0.2) is 60.9 Å². The Balaban J connectivity index is 1.35. The van der Waals surface area contributed by atoms with Crippen LogP contribution in [0.4, 0.5) is 5.69 Å². The highest BCUT2D eigenvalue weighted by molar-refractivity contribution is 6.10. The Morgan fingerprint density at radius 2 is 1.97 bits per heavy atom. The highest BCUT2D eigenvalue weighted by atomic mass is 16.3. The van der Waals surface area contributed by atoms with Gasteiger partial charge in [0.25, 0.3) is 5.91 Å². The first-order chi connectivity index (χ1) is 15.5. The first-order valence-corrected chi connectivity index (χ1v) is 10.7. The van der Waals surface area contributed by atoms with Crippen molar-refractivity contribution in [3.63, 3.8) is 0 Å². The molecule has 0 aliphatic carbocycles. The van der Waals surface area contributed by atoms with Gasteiger partial charge < -0.3 is 15.7 Å². The Morgan fingerprint density at radius 1 is 1.16 bits per heavy atom. The van der Waals surface area contributed by atoms with Crippen molar-refractivity contribution in [1.82, 2.24) is 25.3 Å². The fraction of sp³-hybridized carbons (Fsp3) is 0.292. The topological polar surface area (TPSA) is 108 Å². The number of rotatable bonds is 9. The lowest BCUT2D eigenvalue weighted by molar-refractivity contribution is 0.102. The van der Waals surface area contributed by atoms with E-state index in [0.717, 1.165) is 22.0 Å². The highest BCUT2D eigenvalue weighted by Gasteiger charge is 2.15. The molecule has 4 N–H and O–H groups in total. The molecule has 8 nitrogen and oxygen atoms in total. The van der Waals surface area contributed by atoms with Crippen molar-refractivity contribution in [2.24, 2.45) is 5.92 Å². The smallest absolute Gasteiger partial charge is 0.276 e. The average Bonchev–Trinajstić information content (AvgIpc) is 3.40. The molecule has 2 aromatic heterocycles. The van der Waals surface area contributed by atoms with Crippen LogP contribution >= 0.6 is 0 Å². The summed E-state index contributed by atoms with van der Waals surface area (Å²) in [5.41, 5.74) is 4.04. The lowest BCUT2D eigenvalue weighted by Gasteiger charge is -2.15. The number of amides is 1. The number of carbonyl (C=O) groups excluding carboxylic acids is 1. The minimum absolute atomic E-state index is 0.232. The Labute approximate surface area is 186 Å². The Kier molecular flexibility index (Phi) is 6.63. The van der Waals surface area contributed by atoms with Gasteiger partial charge in [-0.1, -0.05) is 56.3 Å². The lowest BCUT2D eigenvalue weighted by Crippen LogP contribution is -2.30. The van der Waals surface area contributed by atoms with Crippen molar-refractivity contribution in [1.29, 1.82) is 0 Å². The molecule has 0 fully saturated rings. The van der Waals surface area contributed by atoms with E-state index < -0.39 is 0 Å². The lowest BCUT2D eigenvalue weighted by atomic mass is 10.1. The van der Waals surface area contributed by atoms with Crippen molar-refractivity contribution in [3.8, 4) is 0 Å². The quantitative estimate of drug-likeness (QED) is 0.325. The summed E-state index contributed by atoms with van der Waals surface area (Å²) in [5, 5.41) is 28.2. The summed E-state index contributed by atoms with van der Waals surface area (Å²) in [7, 11) is 0. The largest absolute Gasteiger partial charge is 0.392 e. The Bertz CT molecular complexity index is 1200. The van der Waals surface area contributed by atoms with Crippen LogP contribution in [0.25, 0.3) is 10.9 Å². The predicted octanol–water partition coefficient (Wildman–Crippen LogP) is 3.17. The minimum Gasteiger partial charge on any atom is -0.392 e. The second-order valence-electron chi connectivity index (χ2n) is 8.26. The zero-order chi connectivity index (χ0) is 22.5. The van der Waals surface area contributed by atoms with E-state index in [4.69, 9.17) is 0 Å². The maximum Gasteiger partial charge on any atom is 0.276 e. The van der Waals surface area contributed by atoms with Gasteiger partial charge in [0.15, 0.2) is 5.69 Å². The molecule has 1 amide bonds. The number of hydrogen-bond acceptors (Lipinski definition) is 5. The van der Waals surface area contributed by atoms with Gasteiger partial charge in [-0.3, -0.25) is 14.6 Å². The zero-order valence-corrected chi connectivity index (χ0v) is 18.2. The number of H-pyrrole nitrogens is 1. The molecule has 2 heterocycles. The molecular weight excluding hydrogens is 404 g/mol. The molecule has 1 unspecified atom stereocenters. The van der Waals surface area contributed by atoms with Crippen LogP contribution in [0.2, 0.25) is 0 Å². The number of aliphatic hydroxyl groups excluding tert-OH is 1. The van der Waals surface area contributed by atoms with Crippen molar-refractivity contribution < 1.29 is 9.90 Å². The van der Waals surface area contributed by atoms with Crippen LogP contribution in [0.1, 0.15) is 35.5 Å². The second kappa shape index (κ2) is 9.76. The number of nitrogens with one attached hydrogen (secondary N) is 3. The number of hydrogen-bond donors (Lipinski definition) is 4. The zero-order valence-electron chi connectivity index (χ0n) is 18.2. The maximum atomic E-state index is 12.6. The summed E-state index contributed by atoms with van der Waals surface area (Å²) in [6.07, 6.45) is 3.08. The van der Waals surface area contributed by atoms with Crippen LogP contribution in [-0.4, -0.2) is 43.6 Å². The molecule has 2 aromatic carbocycles. The number of aliphatic hydroxyl groups is 1. The fourth-order valence-corrected chi connectivity index (χ4v) is 3.47. The number of carbonyl (C=O) groups is 1. The van der Waals surface area contributed by atoms with E-state index >= 15 is 0 Å². The third-order valence-corrected chi connectivity index (χ3v) is 5.36.